The third kappa shape index (κ3) is 3.02. The topological polar surface area (TPSA) is 69.3 Å². The molecule has 3 fully saturated rings. The van der Waals surface area contributed by atoms with E-state index in [2.05, 4.69) is 58.1 Å². The lowest BCUT2D eigenvalue weighted by Crippen LogP contribution is -2.62. The van der Waals surface area contributed by atoms with Crippen molar-refractivity contribution >= 4 is 11.8 Å². The minimum absolute atomic E-state index is 0.00933. The van der Waals surface area contributed by atoms with Gasteiger partial charge >= 0.3 is 0 Å². The molecule has 2 saturated heterocycles. The van der Waals surface area contributed by atoms with Crippen molar-refractivity contribution in [3.8, 4) is 0 Å². The number of amides is 2. The number of piperidine rings is 1. The van der Waals surface area contributed by atoms with E-state index >= 15 is 0 Å². The lowest BCUT2D eigenvalue weighted by Gasteiger charge is -2.52. The first kappa shape index (κ1) is 21.2. The van der Waals surface area contributed by atoms with Crippen molar-refractivity contribution in [2.45, 2.75) is 90.4 Å². The van der Waals surface area contributed by atoms with Crippen molar-refractivity contribution in [1.82, 2.24) is 20.0 Å². The maximum absolute atomic E-state index is 14.0. The highest BCUT2D eigenvalue weighted by Crippen LogP contribution is 2.56. The van der Waals surface area contributed by atoms with Crippen molar-refractivity contribution in [3.63, 3.8) is 0 Å². The maximum Gasteiger partial charge on any atom is 0.275 e. The number of benzene rings is 1. The number of H-pyrrole nitrogens is 1. The number of rotatable bonds is 4. The summed E-state index contributed by atoms with van der Waals surface area (Å²) in [5.41, 5.74) is 3.68. The molecule has 1 aromatic carbocycles. The molecule has 6 nitrogen and oxygen atoms in total. The van der Waals surface area contributed by atoms with Crippen LogP contribution in [-0.4, -0.2) is 56.0 Å². The predicted molar refractivity (Wildman–Crippen MR) is 123 cm³/mol. The fourth-order valence-electron chi connectivity index (χ4n) is 7.03. The number of nitrogens with zero attached hydrogens (tertiary/aromatic N) is 3. The molecule has 2 bridgehead atoms. The van der Waals surface area contributed by atoms with Gasteiger partial charge in [0.2, 0.25) is 5.91 Å². The Hall–Kier alpha value is -2.63. The first-order chi connectivity index (χ1) is 15.4. The van der Waals surface area contributed by atoms with E-state index < -0.39 is 0 Å². The average Bonchev–Trinajstić information content (AvgIpc) is 3.30. The second-order valence-electron chi connectivity index (χ2n) is 10.2. The van der Waals surface area contributed by atoms with Crippen LogP contribution in [0.5, 0.6) is 0 Å². The molecule has 170 valence electrons. The molecule has 32 heavy (non-hydrogen) atoms. The number of carbonyl (C=O) groups is 2. The number of hydrogen-bond donors (Lipinski definition) is 1. The van der Waals surface area contributed by atoms with Crippen molar-refractivity contribution in [2.24, 2.45) is 5.41 Å². The quantitative estimate of drug-likeness (QED) is 0.794. The van der Waals surface area contributed by atoms with Crippen LogP contribution in [0, 0.1) is 12.3 Å². The fraction of sp³-hybridized carbons (Fsp3) is 0.577. The van der Waals surface area contributed by atoms with Crippen LogP contribution in [0.3, 0.4) is 0 Å². The molecule has 5 atom stereocenters. The van der Waals surface area contributed by atoms with Crippen molar-refractivity contribution in [3.05, 3.63) is 52.8 Å². The molecule has 6 heteroatoms. The molecule has 2 amide bonds. The van der Waals surface area contributed by atoms with Gasteiger partial charge in [-0.3, -0.25) is 14.7 Å². The van der Waals surface area contributed by atoms with E-state index in [1.54, 1.807) is 6.92 Å². The Labute approximate surface area is 190 Å². The summed E-state index contributed by atoms with van der Waals surface area (Å²) in [6.07, 6.45) is 5.63. The van der Waals surface area contributed by atoms with Crippen LogP contribution in [0.15, 0.2) is 30.3 Å². The van der Waals surface area contributed by atoms with Gasteiger partial charge in [-0.1, -0.05) is 44.2 Å². The zero-order valence-electron chi connectivity index (χ0n) is 19.6. The highest BCUT2D eigenvalue weighted by atomic mass is 16.2. The number of carbonyl (C=O) groups excluding carboxylic acids is 2. The summed E-state index contributed by atoms with van der Waals surface area (Å²) in [5.74, 6) is 0.160. The van der Waals surface area contributed by atoms with Crippen LogP contribution in [0.2, 0.25) is 0 Å². The van der Waals surface area contributed by atoms with E-state index in [1.165, 1.54) is 5.56 Å². The second-order valence-corrected chi connectivity index (χ2v) is 10.2. The molecule has 1 aliphatic carbocycles. The van der Waals surface area contributed by atoms with Crippen LogP contribution in [0.1, 0.15) is 73.8 Å². The number of fused-ring (bicyclic) bond motifs is 1. The van der Waals surface area contributed by atoms with E-state index in [0.717, 1.165) is 49.8 Å². The summed E-state index contributed by atoms with van der Waals surface area (Å²) in [7, 11) is 0. The molecule has 2 aliphatic heterocycles. The number of aromatic amines is 1. The van der Waals surface area contributed by atoms with Gasteiger partial charge in [-0.05, 0) is 51.0 Å². The molecule has 1 aromatic heterocycles. The van der Waals surface area contributed by atoms with Gasteiger partial charge in [0.1, 0.15) is 0 Å². The minimum Gasteiger partial charge on any atom is -0.334 e. The van der Waals surface area contributed by atoms with Crippen LogP contribution in [0.25, 0.3) is 0 Å². The summed E-state index contributed by atoms with van der Waals surface area (Å²) < 4.78 is 0. The van der Waals surface area contributed by atoms with E-state index in [-0.39, 0.29) is 41.4 Å². The molecule has 5 rings (SSSR count). The highest BCUT2D eigenvalue weighted by Gasteiger charge is 2.64. The van der Waals surface area contributed by atoms with E-state index in [0.29, 0.717) is 5.69 Å². The summed E-state index contributed by atoms with van der Waals surface area (Å²) in [4.78, 5) is 31.3. The molecule has 0 spiro atoms. The summed E-state index contributed by atoms with van der Waals surface area (Å²) in [6, 6.07) is 10.7. The first-order valence-corrected chi connectivity index (χ1v) is 12.1. The second kappa shape index (κ2) is 7.75. The van der Waals surface area contributed by atoms with Gasteiger partial charge in [0, 0.05) is 35.7 Å². The molecule has 0 radical (unpaired) electrons. The van der Waals surface area contributed by atoms with Gasteiger partial charge in [-0.25, -0.2) is 0 Å². The van der Waals surface area contributed by atoms with Crippen molar-refractivity contribution in [2.75, 3.05) is 0 Å². The van der Waals surface area contributed by atoms with Crippen LogP contribution in [-0.2, 0) is 17.6 Å². The van der Waals surface area contributed by atoms with Gasteiger partial charge in [-0.15, -0.1) is 0 Å². The van der Waals surface area contributed by atoms with E-state index in [4.69, 9.17) is 0 Å². The molecule has 1 N–H and O–H groups in total. The zero-order chi connectivity index (χ0) is 22.6. The van der Waals surface area contributed by atoms with Gasteiger partial charge in [0.15, 0.2) is 5.69 Å². The molecule has 1 saturated carbocycles. The standard InChI is InChI=1S/C26H34N4O2/c1-5-19-16(2)24(28-27-19)25(32)30-21-15-26(4)22(12-9-13-23(26)30)29(17(3)31)20(21)14-18-10-7-6-8-11-18/h6-8,10-11,20-23H,5,9,12-15H2,1-4H3,(H,27,28)/t20-,21-,22+,23-,26+/m0/s1. The number of aromatic nitrogens is 2. The predicted octanol–water partition coefficient (Wildman–Crippen LogP) is 3.90. The van der Waals surface area contributed by atoms with Crippen LogP contribution < -0.4 is 0 Å². The highest BCUT2D eigenvalue weighted by molar-refractivity contribution is 5.95. The van der Waals surface area contributed by atoms with E-state index in [9.17, 15) is 9.59 Å². The number of aryl methyl sites for hydroxylation is 1. The SMILES string of the molecule is CCc1[nH]nc(C(=O)N2[C@H]3CCC[C@H]4N(C(C)=O)[C@@H](Cc5ccccc5)[C@@H]2C[C@@]34C)c1C. The lowest BCUT2D eigenvalue weighted by atomic mass is 9.64. The number of nitrogens with one attached hydrogen (secondary N) is 1. The number of hydrogen-bond acceptors (Lipinski definition) is 3. The molecular weight excluding hydrogens is 400 g/mol. The van der Waals surface area contributed by atoms with Crippen LogP contribution >= 0.6 is 0 Å². The number of likely N-dealkylation sites (tertiary alicyclic amines) is 2. The minimum atomic E-state index is -0.0603. The normalized spacial score (nSPS) is 31.1. The first-order valence-electron chi connectivity index (χ1n) is 12.1. The Kier molecular flexibility index (Phi) is 5.14. The maximum atomic E-state index is 14.0. The third-order valence-corrected chi connectivity index (χ3v) is 8.51. The van der Waals surface area contributed by atoms with Crippen LogP contribution in [0.4, 0.5) is 0 Å². The Morgan fingerprint density at radius 3 is 2.47 bits per heavy atom. The zero-order valence-corrected chi connectivity index (χ0v) is 19.6. The fourth-order valence-corrected chi connectivity index (χ4v) is 7.03. The monoisotopic (exact) mass is 434 g/mol. The molecular formula is C26H34N4O2. The van der Waals surface area contributed by atoms with Gasteiger partial charge in [0.25, 0.3) is 5.91 Å². The summed E-state index contributed by atoms with van der Waals surface area (Å²) in [6.45, 7) is 8.08. The Morgan fingerprint density at radius 2 is 1.84 bits per heavy atom. The average molecular weight is 435 g/mol. The molecule has 3 heterocycles. The van der Waals surface area contributed by atoms with Crippen molar-refractivity contribution in [1.29, 1.82) is 0 Å². The summed E-state index contributed by atoms with van der Waals surface area (Å²) in [5, 5.41) is 7.51. The van der Waals surface area contributed by atoms with Gasteiger partial charge in [-0.2, -0.15) is 5.10 Å². The molecule has 2 aromatic rings. The molecule has 0 unspecified atom stereocenters. The largest absolute Gasteiger partial charge is 0.334 e. The van der Waals surface area contributed by atoms with E-state index in [1.807, 2.05) is 13.0 Å². The Balaban J connectivity index is 1.59. The van der Waals surface area contributed by atoms with Gasteiger partial charge in [0.05, 0.1) is 12.1 Å². The van der Waals surface area contributed by atoms with Gasteiger partial charge < -0.3 is 9.80 Å². The summed E-state index contributed by atoms with van der Waals surface area (Å²) >= 11 is 0. The van der Waals surface area contributed by atoms with Crippen molar-refractivity contribution < 1.29 is 9.59 Å². The lowest BCUT2D eigenvalue weighted by molar-refractivity contribution is -0.142. The Bertz CT molecular complexity index is 1030. The smallest absolute Gasteiger partial charge is 0.275 e. The Morgan fingerprint density at radius 1 is 1.16 bits per heavy atom. The third-order valence-electron chi connectivity index (χ3n) is 8.51. The molecule has 3 aliphatic rings.